The first-order valence-electron chi connectivity index (χ1n) is 6.58. The fourth-order valence-corrected chi connectivity index (χ4v) is 4.36. The Labute approximate surface area is 164 Å². The van der Waals surface area contributed by atoms with Gasteiger partial charge in [0, 0.05) is 10.9 Å². The Morgan fingerprint density at radius 2 is 1.83 bits per heavy atom. The highest BCUT2D eigenvalue weighted by Gasteiger charge is 2.06. The summed E-state index contributed by atoms with van der Waals surface area (Å²) in [5.41, 5.74) is 5.74. The number of nitrogens with one attached hydrogen (secondary N) is 1. The van der Waals surface area contributed by atoms with Crippen LogP contribution in [0.15, 0.2) is 52.9 Å². The molecule has 0 aliphatic rings. The summed E-state index contributed by atoms with van der Waals surface area (Å²) in [7, 11) is 0. The minimum atomic E-state index is -0.191. The highest BCUT2D eigenvalue weighted by atomic mass is 127. The number of benzene rings is 2. The van der Waals surface area contributed by atoms with Gasteiger partial charge in [0.2, 0.25) is 5.13 Å². The van der Waals surface area contributed by atoms with Gasteiger partial charge in [0.15, 0.2) is 0 Å². The van der Waals surface area contributed by atoms with Gasteiger partial charge in [-0.3, -0.25) is 5.43 Å². The molecular weight excluding hydrogens is 539 g/mol. The molecule has 0 aliphatic heterocycles. The highest BCUT2D eigenvalue weighted by Crippen LogP contribution is 2.24. The van der Waals surface area contributed by atoms with Gasteiger partial charge in [-0.15, -0.1) is 11.3 Å². The molecule has 1 heterocycles. The summed E-state index contributed by atoms with van der Waals surface area (Å²) in [5, 5.41) is 6.87. The van der Waals surface area contributed by atoms with Crippen molar-refractivity contribution >= 4 is 67.9 Å². The van der Waals surface area contributed by atoms with E-state index in [1.807, 2.05) is 80.9 Å². The summed E-state index contributed by atoms with van der Waals surface area (Å²) < 4.78 is 14.7. The van der Waals surface area contributed by atoms with Gasteiger partial charge in [-0.2, -0.15) is 5.10 Å². The van der Waals surface area contributed by atoms with Crippen molar-refractivity contribution in [2.24, 2.45) is 5.10 Å². The molecule has 0 saturated heterocycles. The Balaban J connectivity index is 1.70. The standard InChI is InChI=1S/C16H10FI2N3S/c17-15-12(18)6-10(7-13(15)19)8-20-22-16-21-14(9-23-16)11-4-2-1-3-5-11/h1-9H,(H,21,22). The zero-order valence-corrected chi connectivity index (χ0v) is 16.8. The third-order valence-corrected chi connectivity index (χ3v) is 5.27. The zero-order chi connectivity index (χ0) is 16.2. The van der Waals surface area contributed by atoms with Crippen LogP contribution in [0.4, 0.5) is 9.52 Å². The molecule has 23 heavy (non-hydrogen) atoms. The summed E-state index contributed by atoms with van der Waals surface area (Å²) in [6.07, 6.45) is 1.66. The SMILES string of the molecule is Fc1c(I)cc(C=NNc2nc(-c3ccccc3)cs2)cc1I. The molecule has 0 saturated carbocycles. The summed E-state index contributed by atoms with van der Waals surface area (Å²) in [6, 6.07) is 13.5. The summed E-state index contributed by atoms with van der Waals surface area (Å²) in [5.74, 6) is -0.191. The van der Waals surface area contributed by atoms with Crippen molar-refractivity contribution in [3.63, 3.8) is 0 Å². The van der Waals surface area contributed by atoms with E-state index in [1.54, 1.807) is 18.3 Å². The van der Waals surface area contributed by atoms with E-state index in [-0.39, 0.29) is 5.82 Å². The van der Waals surface area contributed by atoms with Gasteiger partial charge in [-0.25, -0.2) is 9.37 Å². The Kier molecular flexibility index (Phi) is 5.59. The van der Waals surface area contributed by atoms with Gasteiger partial charge in [0.05, 0.1) is 19.0 Å². The lowest BCUT2D eigenvalue weighted by Gasteiger charge is -2.00. The fourth-order valence-electron chi connectivity index (χ4n) is 1.88. The van der Waals surface area contributed by atoms with E-state index in [2.05, 4.69) is 15.5 Å². The Bertz CT molecular complexity index is 827. The molecule has 1 N–H and O–H groups in total. The van der Waals surface area contributed by atoms with Crippen molar-refractivity contribution in [1.82, 2.24) is 4.98 Å². The Morgan fingerprint density at radius 1 is 1.13 bits per heavy atom. The Morgan fingerprint density at radius 3 is 2.52 bits per heavy atom. The molecule has 0 unspecified atom stereocenters. The zero-order valence-electron chi connectivity index (χ0n) is 11.6. The molecule has 3 nitrogen and oxygen atoms in total. The monoisotopic (exact) mass is 549 g/mol. The van der Waals surface area contributed by atoms with Crippen LogP contribution < -0.4 is 5.43 Å². The number of hydrogen-bond acceptors (Lipinski definition) is 4. The average Bonchev–Trinajstić information content (AvgIpc) is 3.02. The van der Waals surface area contributed by atoms with Crippen LogP contribution in [-0.2, 0) is 0 Å². The van der Waals surface area contributed by atoms with Gasteiger partial charge in [-0.1, -0.05) is 30.3 Å². The van der Waals surface area contributed by atoms with Crippen molar-refractivity contribution in [3.05, 3.63) is 66.4 Å². The number of anilines is 1. The van der Waals surface area contributed by atoms with Gasteiger partial charge in [-0.05, 0) is 62.9 Å². The molecule has 3 rings (SSSR count). The first-order valence-corrected chi connectivity index (χ1v) is 9.62. The lowest BCUT2D eigenvalue weighted by molar-refractivity contribution is 0.612. The smallest absolute Gasteiger partial charge is 0.203 e. The van der Waals surface area contributed by atoms with Crippen LogP contribution in [0.3, 0.4) is 0 Å². The van der Waals surface area contributed by atoms with Crippen molar-refractivity contribution < 1.29 is 4.39 Å². The predicted molar refractivity (Wildman–Crippen MR) is 111 cm³/mol. The third kappa shape index (κ3) is 4.27. The fraction of sp³-hybridized carbons (Fsp3) is 0. The number of hydrazone groups is 1. The van der Waals surface area contributed by atoms with Crippen molar-refractivity contribution in [2.75, 3.05) is 5.43 Å². The number of halogens is 3. The number of thiazole rings is 1. The maximum absolute atomic E-state index is 13.6. The summed E-state index contributed by atoms with van der Waals surface area (Å²) >= 11 is 5.44. The van der Waals surface area contributed by atoms with Crippen LogP contribution in [-0.4, -0.2) is 11.2 Å². The molecule has 1 aromatic heterocycles. The maximum Gasteiger partial charge on any atom is 0.203 e. The van der Waals surface area contributed by atoms with Crippen molar-refractivity contribution in [2.45, 2.75) is 0 Å². The lowest BCUT2D eigenvalue weighted by Crippen LogP contribution is -1.94. The maximum atomic E-state index is 13.6. The first kappa shape index (κ1) is 16.8. The highest BCUT2D eigenvalue weighted by molar-refractivity contribution is 14.1. The molecule has 0 fully saturated rings. The van der Waals surface area contributed by atoms with Gasteiger partial charge in [0.1, 0.15) is 5.82 Å². The third-order valence-electron chi connectivity index (χ3n) is 2.95. The van der Waals surface area contributed by atoms with Crippen LogP contribution in [0, 0.1) is 13.0 Å². The number of aromatic nitrogens is 1. The second-order valence-electron chi connectivity index (χ2n) is 4.57. The van der Waals surface area contributed by atoms with Gasteiger partial charge in [0.25, 0.3) is 0 Å². The first-order chi connectivity index (χ1) is 11.1. The van der Waals surface area contributed by atoms with Crippen LogP contribution in [0.25, 0.3) is 11.3 Å². The summed E-state index contributed by atoms with van der Waals surface area (Å²) in [4.78, 5) is 4.49. The molecule has 0 amide bonds. The van der Waals surface area contributed by atoms with Crippen LogP contribution in [0.2, 0.25) is 0 Å². The Hall–Kier alpha value is -1.07. The largest absolute Gasteiger partial charge is 0.253 e. The van der Waals surface area contributed by atoms with E-state index in [0.717, 1.165) is 16.8 Å². The predicted octanol–water partition coefficient (Wildman–Crippen LogP) is 5.60. The number of hydrogen-bond donors (Lipinski definition) is 1. The number of nitrogens with zero attached hydrogens (tertiary/aromatic N) is 2. The molecule has 116 valence electrons. The van der Waals surface area contributed by atoms with E-state index in [9.17, 15) is 4.39 Å². The van der Waals surface area contributed by atoms with Gasteiger partial charge >= 0.3 is 0 Å². The topological polar surface area (TPSA) is 37.3 Å². The minimum Gasteiger partial charge on any atom is -0.253 e. The molecule has 7 heteroatoms. The second kappa shape index (κ2) is 7.67. The molecule has 0 spiro atoms. The van der Waals surface area contributed by atoms with Crippen molar-refractivity contribution in [1.29, 1.82) is 0 Å². The molecule has 0 bridgehead atoms. The van der Waals surface area contributed by atoms with E-state index in [4.69, 9.17) is 0 Å². The molecular formula is C16H10FI2N3S. The van der Waals surface area contributed by atoms with Crippen LogP contribution in [0.1, 0.15) is 5.56 Å². The van der Waals surface area contributed by atoms with Crippen LogP contribution in [0.5, 0.6) is 0 Å². The lowest BCUT2D eigenvalue weighted by atomic mass is 10.2. The van der Waals surface area contributed by atoms with Crippen LogP contribution >= 0.6 is 56.5 Å². The molecule has 0 aliphatic carbocycles. The number of rotatable bonds is 4. The second-order valence-corrected chi connectivity index (χ2v) is 7.75. The van der Waals surface area contributed by atoms with E-state index in [0.29, 0.717) is 12.3 Å². The van der Waals surface area contributed by atoms with E-state index < -0.39 is 0 Å². The van der Waals surface area contributed by atoms with Crippen molar-refractivity contribution in [3.8, 4) is 11.3 Å². The molecule has 2 aromatic carbocycles. The average molecular weight is 549 g/mol. The normalized spacial score (nSPS) is 11.1. The molecule has 3 aromatic rings. The summed E-state index contributed by atoms with van der Waals surface area (Å²) in [6.45, 7) is 0. The van der Waals surface area contributed by atoms with E-state index in [1.165, 1.54) is 11.3 Å². The molecule has 0 atom stereocenters. The van der Waals surface area contributed by atoms with E-state index >= 15 is 0 Å². The van der Waals surface area contributed by atoms with Gasteiger partial charge < -0.3 is 0 Å². The molecule has 0 radical (unpaired) electrons. The quantitative estimate of drug-likeness (QED) is 0.199. The minimum absolute atomic E-state index is 0.191.